The summed E-state index contributed by atoms with van der Waals surface area (Å²) >= 11 is 1.56. The highest BCUT2D eigenvalue weighted by atomic mass is 32.2. The van der Waals surface area contributed by atoms with E-state index < -0.39 is 52.7 Å². The van der Waals surface area contributed by atoms with E-state index in [4.69, 9.17) is 37.9 Å². The molecule has 11 rings (SSSR count). The lowest BCUT2D eigenvalue weighted by atomic mass is 9.71. The summed E-state index contributed by atoms with van der Waals surface area (Å²) in [5.41, 5.74) is 5.09. The second-order valence-corrected chi connectivity index (χ2v) is 19.9. The summed E-state index contributed by atoms with van der Waals surface area (Å²) < 4.78 is 49.1. The third-order valence-corrected chi connectivity index (χ3v) is 15.5. The van der Waals surface area contributed by atoms with Crippen molar-refractivity contribution in [1.82, 2.24) is 15.1 Å². The van der Waals surface area contributed by atoms with E-state index in [2.05, 4.69) is 27.3 Å². The molecule has 346 valence electrons. The summed E-state index contributed by atoms with van der Waals surface area (Å²) in [6.45, 7) is 9.68. The molecule has 2 unspecified atom stereocenters. The second kappa shape index (κ2) is 16.5. The Hall–Kier alpha value is -5.86. The molecule has 0 radical (unpaired) electrons. The Morgan fingerprint density at radius 3 is 2.50 bits per heavy atom. The van der Waals surface area contributed by atoms with Crippen molar-refractivity contribution in [1.29, 1.82) is 5.26 Å². The summed E-state index contributed by atoms with van der Waals surface area (Å²) in [5.74, 6) is 2.26. The quantitative estimate of drug-likeness (QED) is 0.146. The molecule has 1 spiro atoms. The van der Waals surface area contributed by atoms with Crippen molar-refractivity contribution >= 4 is 23.9 Å². The third-order valence-electron chi connectivity index (χ3n) is 14.0. The van der Waals surface area contributed by atoms with Crippen LogP contribution in [0.25, 0.3) is 0 Å². The van der Waals surface area contributed by atoms with E-state index in [1.807, 2.05) is 51.2 Å². The number of piperazine rings is 1. The Morgan fingerprint density at radius 1 is 1.00 bits per heavy atom. The first-order valence-corrected chi connectivity index (χ1v) is 23.3. The number of aryl methyl sites for hydroxylation is 1. The fourth-order valence-corrected chi connectivity index (χ4v) is 12.9. The lowest BCUT2D eigenvalue weighted by Crippen LogP contribution is -2.69. The molecule has 4 bridgehead atoms. The molecule has 15 nitrogen and oxygen atoms in total. The zero-order chi connectivity index (χ0) is 46.4. The first kappa shape index (κ1) is 44.0. The first-order valence-electron chi connectivity index (χ1n) is 22.3. The number of phenols is 1. The van der Waals surface area contributed by atoms with Gasteiger partial charge in [0.05, 0.1) is 37.6 Å². The van der Waals surface area contributed by atoms with E-state index in [-0.39, 0.29) is 49.0 Å². The molecule has 4 aromatic rings. The summed E-state index contributed by atoms with van der Waals surface area (Å²) in [5, 5.41) is 26.7. The maximum absolute atomic E-state index is 15.2. The van der Waals surface area contributed by atoms with Gasteiger partial charge in [-0.25, -0.2) is 9.59 Å². The number of methoxy groups -OCH3 is 2. The number of thioether (sulfide) groups is 1. The number of nitriles is 1. The van der Waals surface area contributed by atoms with Crippen molar-refractivity contribution in [3.63, 3.8) is 0 Å². The molecule has 16 heteroatoms. The molecule has 7 aliphatic heterocycles. The van der Waals surface area contributed by atoms with Gasteiger partial charge in [-0.15, -0.1) is 11.8 Å². The standard InChI is InChI=1S/C50H54N4O11S/c1-25-16-29-17-31-32(20-51)54-33-22-61-47(56)50(30-19-34(58-7)35(18-28(30)14-15-52-50)64-48(57)65-49(3,4)5)23-66-46(40(54)39(53(31)6)36(29)41(55)42(25)59-8)38-37(33)45-44(62-24-63-45)26(2)43(38)60-21-27-12-10-9-11-13-27/h9-13,16,18-19,31-33,39-40,46,52,55H,14-15,17,21-24H2,1-8H3/t31-,32-,33-,39?,40?,46+,50+/m0/s1. The smallest absolute Gasteiger partial charge is 0.504 e. The molecule has 0 saturated carbocycles. The van der Waals surface area contributed by atoms with E-state index in [0.29, 0.717) is 47.9 Å². The van der Waals surface area contributed by atoms with Gasteiger partial charge in [-0.2, -0.15) is 5.26 Å². The van der Waals surface area contributed by atoms with Gasteiger partial charge < -0.3 is 43.0 Å². The van der Waals surface area contributed by atoms with Crippen LogP contribution in [0.4, 0.5) is 4.79 Å². The number of hydrogen-bond donors (Lipinski definition) is 2. The number of benzene rings is 4. The molecule has 7 atom stereocenters. The van der Waals surface area contributed by atoms with Crippen molar-refractivity contribution in [3.8, 4) is 46.3 Å². The fourth-order valence-electron chi connectivity index (χ4n) is 11.3. The Balaban J connectivity index is 1.19. The third kappa shape index (κ3) is 6.88. The monoisotopic (exact) mass is 918 g/mol. The Labute approximate surface area is 388 Å². The molecule has 2 saturated heterocycles. The van der Waals surface area contributed by atoms with Crippen LogP contribution in [-0.4, -0.2) is 97.7 Å². The number of rotatable bonds is 6. The SMILES string of the molecule is COc1cc2c(cc1OC(=O)OC(C)(C)C)CCN[C@]21CS[C@@H]2c3c(OCc4ccccc4)c(C)c4c(c3[C@H](COC1=O)N1C2C2c3c(cc(C)c(OC)c3O)C[C@@H]([C@@H]1C#N)N2C)OCO4. The average Bonchev–Trinajstić information content (AvgIpc) is 3.78. The lowest BCUT2D eigenvalue weighted by molar-refractivity contribution is -0.157. The number of nitrogens with zero attached hydrogens (tertiary/aromatic N) is 3. The Morgan fingerprint density at radius 2 is 1.77 bits per heavy atom. The maximum Gasteiger partial charge on any atom is 0.514 e. The average molecular weight is 919 g/mol. The lowest BCUT2D eigenvalue weighted by Gasteiger charge is -2.62. The van der Waals surface area contributed by atoms with Crippen LogP contribution in [0.5, 0.6) is 40.2 Å². The molecular weight excluding hydrogens is 865 g/mol. The number of fused-ring (bicyclic) bond motifs is 9. The molecule has 2 fully saturated rings. The predicted molar refractivity (Wildman–Crippen MR) is 243 cm³/mol. The minimum absolute atomic E-state index is 0.0141. The molecule has 0 amide bonds. The number of carbonyl (C=O) groups is 2. The summed E-state index contributed by atoms with van der Waals surface area (Å²) in [6.07, 6.45) is 0.142. The highest BCUT2D eigenvalue weighted by molar-refractivity contribution is 7.99. The number of nitrogens with one attached hydrogen (secondary N) is 1. The van der Waals surface area contributed by atoms with Gasteiger partial charge in [-0.05, 0) is 94.5 Å². The van der Waals surface area contributed by atoms with Gasteiger partial charge in [0, 0.05) is 46.6 Å². The van der Waals surface area contributed by atoms with Gasteiger partial charge in [0.2, 0.25) is 6.79 Å². The molecule has 2 N–H and O–H groups in total. The maximum atomic E-state index is 15.2. The van der Waals surface area contributed by atoms with E-state index in [9.17, 15) is 15.2 Å². The van der Waals surface area contributed by atoms with Gasteiger partial charge in [0.15, 0.2) is 40.0 Å². The summed E-state index contributed by atoms with van der Waals surface area (Å²) in [7, 11) is 5.07. The zero-order valence-corrected chi connectivity index (χ0v) is 39.1. The first-order chi connectivity index (χ1) is 31.7. The van der Waals surface area contributed by atoms with Crippen LogP contribution < -0.4 is 33.7 Å². The number of carbonyl (C=O) groups excluding carboxylic acids is 2. The van der Waals surface area contributed by atoms with E-state index in [1.165, 1.54) is 7.11 Å². The number of aromatic hydroxyl groups is 1. The van der Waals surface area contributed by atoms with E-state index >= 15 is 4.79 Å². The molecule has 7 heterocycles. The van der Waals surface area contributed by atoms with Gasteiger partial charge in [0.1, 0.15) is 30.6 Å². The van der Waals surface area contributed by atoms with Crippen molar-refractivity contribution in [2.75, 3.05) is 47.0 Å². The van der Waals surface area contributed by atoms with Gasteiger partial charge >= 0.3 is 12.1 Å². The molecular formula is C50H54N4O11S. The number of likely N-dealkylation sites (N-methyl/N-ethyl adjacent to an activating group) is 1. The van der Waals surface area contributed by atoms with Crippen molar-refractivity contribution < 1.29 is 52.6 Å². The molecule has 4 aromatic carbocycles. The van der Waals surface area contributed by atoms with Crippen molar-refractivity contribution in [2.45, 2.75) is 101 Å². The molecule has 66 heavy (non-hydrogen) atoms. The van der Waals surface area contributed by atoms with Crippen LogP contribution in [0.1, 0.15) is 88.2 Å². The largest absolute Gasteiger partial charge is 0.514 e. The van der Waals surface area contributed by atoms with E-state index in [0.717, 1.165) is 44.5 Å². The highest BCUT2D eigenvalue weighted by Gasteiger charge is 2.62. The zero-order valence-electron chi connectivity index (χ0n) is 38.3. The molecule has 0 aliphatic carbocycles. The molecule has 0 aromatic heterocycles. The topological polar surface area (TPSA) is 171 Å². The van der Waals surface area contributed by atoms with E-state index in [1.54, 1.807) is 51.8 Å². The minimum Gasteiger partial charge on any atom is -0.504 e. The fraction of sp³-hybridized carbons (Fsp3) is 0.460. The van der Waals surface area contributed by atoms with Crippen LogP contribution in [0.3, 0.4) is 0 Å². The Bertz CT molecular complexity index is 2680. The Kier molecular flexibility index (Phi) is 11.0. The number of ether oxygens (including phenoxy) is 8. The number of esters is 1. The summed E-state index contributed by atoms with van der Waals surface area (Å²) in [6, 6.07) is 15.6. The molecule has 7 aliphatic rings. The van der Waals surface area contributed by atoms with Gasteiger partial charge in [0.25, 0.3) is 0 Å². The van der Waals surface area contributed by atoms with Crippen molar-refractivity contribution in [2.24, 2.45) is 0 Å². The summed E-state index contributed by atoms with van der Waals surface area (Å²) in [4.78, 5) is 32.6. The van der Waals surface area contributed by atoms with Crippen LogP contribution >= 0.6 is 11.8 Å². The highest BCUT2D eigenvalue weighted by Crippen LogP contribution is 2.64. The minimum atomic E-state index is -1.40. The van der Waals surface area contributed by atoms with Gasteiger partial charge in [-0.3, -0.25) is 15.1 Å². The van der Waals surface area contributed by atoms with Crippen molar-refractivity contribution in [3.05, 3.63) is 98.6 Å². The number of hydrogen-bond acceptors (Lipinski definition) is 16. The van der Waals surface area contributed by atoms with Crippen LogP contribution in [-0.2, 0) is 39.3 Å². The second-order valence-electron chi connectivity index (χ2n) is 18.8. The van der Waals surface area contributed by atoms with Crippen LogP contribution in [0.2, 0.25) is 0 Å². The van der Waals surface area contributed by atoms with Crippen LogP contribution in [0.15, 0.2) is 48.5 Å². The normalized spacial score (nSPS) is 26.2. The van der Waals surface area contributed by atoms with Gasteiger partial charge in [-0.1, -0.05) is 36.4 Å². The number of phenolic OH excluding ortho intramolecular Hbond substituents is 1. The predicted octanol–water partition coefficient (Wildman–Crippen LogP) is 7.25. The van der Waals surface area contributed by atoms with Crippen LogP contribution in [0, 0.1) is 25.2 Å².